The number of aromatic nitrogens is 4. The van der Waals surface area contributed by atoms with Gasteiger partial charge < -0.3 is 9.42 Å². The zero-order valence-corrected chi connectivity index (χ0v) is 17.8. The molecule has 1 fully saturated rings. The van der Waals surface area contributed by atoms with Crippen LogP contribution in [0.4, 0.5) is 0 Å². The molecule has 3 aromatic rings. The summed E-state index contributed by atoms with van der Waals surface area (Å²) in [7, 11) is 0. The summed E-state index contributed by atoms with van der Waals surface area (Å²) in [5.41, 5.74) is 4.23. The molecule has 30 heavy (non-hydrogen) atoms. The van der Waals surface area contributed by atoms with Gasteiger partial charge in [0, 0.05) is 50.4 Å². The Kier molecular flexibility index (Phi) is 5.94. The largest absolute Gasteiger partial charge is 0.340 e. The van der Waals surface area contributed by atoms with E-state index in [4.69, 9.17) is 4.52 Å². The van der Waals surface area contributed by atoms with Crippen molar-refractivity contribution in [2.45, 2.75) is 40.3 Å². The lowest BCUT2D eigenvalue weighted by molar-refractivity contribution is -0.133. The Morgan fingerprint density at radius 2 is 1.80 bits per heavy atom. The fraction of sp³-hybridized carbons (Fsp3) is 0.455. The van der Waals surface area contributed by atoms with Gasteiger partial charge in [-0.25, -0.2) is 0 Å². The van der Waals surface area contributed by atoms with E-state index in [0.29, 0.717) is 31.2 Å². The van der Waals surface area contributed by atoms with Crippen molar-refractivity contribution in [3.63, 3.8) is 0 Å². The fourth-order valence-corrected chi connectivity index (χ4v) is 3.75. The van der Waals surface area contributed by atoms with Crippen LogP contribution in [0, 0.1) is 20.8 Å². The molecule has 0 saturated carbocycles. The Bertz CT molecular complexity index is 999. The van der Waals surface area contributed by atoms with Gasteiger partial charge in [0.05, 0.1) is 12.2 Å². The van der Waals surface area contributed by atoms with Gasteiger partial charge in [0.1, 0.15) is 0 Å². The average Bonchev–Trinajstić information content (AvgIpc) is 3.33. The number of benzene rings is 1. The highest BCUT2D eigenvalue weighted by Gasteiger charge is 2.22. The van der Waals surface area contributed by atoms with E-state index in [-0.39, 0.29) is 5.91 Å². The lowest BCUT2D eigenvalue weighted by Crippen LogP contribution is -2.48. The van der Waals surface area contributed by atoms with Crippen molar-refractivity contribution >= 4 is 5.91 Å². The summed E-state index contributed by atoms with van der Waals surface area (Å²) in [6, 6.07) is 10.1. The highest BCUT2D eigenvalue weighted by Crippen LogP contribution is 2.17. The number of hydrogen-bond acceptors (Lipinski definition) is 6. The summed E-state index contributed by atoms with van der Waals surface area (Å²) in [5.74, 6) is 1.40. The summed E-state index contributed by atoms with van der Waals surface area (Å²) in [5, 5.41) is 8.53. The molecule has 3 heterocycles. The second-order valence-corrected chi connectivity index (χ2v) is 7.93. The molecule has 0 aliphatic carbocycles. The molecular formula is C22H28N6O2. The van der Waals surface area contributed by atoms with E-state index in [0.717, 1.165) is 43.1 Å². The first-order valence-electron chi connectivity index (χ1n) is 10.4. The lowest BCUT2D eigenvalue weighted by Gasteiger charge is -2.34. The van der Waals surface area contributed by atoms with Crippen LogP contribution in [0.3, 0.4) is 0 Å². The minimum atomic E-state index is 0.182. The van der Waals surface area contributed by atoms with Gasteiger partial charge in [-0.15, -0.1) is 0 Å². The second-order valence-electron chi connectivity index (χ2n) is 7.93. The zero-order valence-electron chi connectivity index (χ0n) is 17.8. The predicted octanol–water partition coefficient (Wildman–Crippen LogP) is 2.59. The first-order valence-corrected chi connectivity index (χ1v) is 10.4. The van der Waals surface area contributed by atoms with E-state index in [2.05, 4.69) is 27.1 Å². The zero-order chi connectivity index (χ0) is 21.1. The SMILES string of the molecule is Cc1ccc(-c2noc(CN3CCN(C(=O)CCn4nc(C)cc4C)CC3)n2)cc1. The highest BCUT2D eigenvalue weighted by molar-refractivity contribution is 5.76. The molecule has 0 bridgehead atoms. The van der Waals surface area contributed by atoms with E-state index < -0.39 is 0 Å². The molecule has 1 aliphatic heterocycles. The van der Waals surface area contributed by atoms with Crippen LogP contribution in [0.15, 0.2) is 34.9 Å². The Morgan fingerprint density at radius 3 is 2.47 bits per heavy atom. The molecule has 1 aliphatic rings. The maximum Gasteiger partial charge on any atom is 0.241 e. The van der Waals surface area contributed by atoms with E-state index >= 15 is 0 Å². The third-order valence-corrected chi connectivity index (χ3v) is 5.50. The van der Waals surface area contributed by atoms with Gasteiger partial charge >= 0.3 is 0 Å². The van der Waals surface area contributed by atoms with E-state index in [1.165, 1.54) is 5.56 Å². The number of carbonyl (C=O) groups excluding carboxylic acids is 1. The fourth-order valence-electron chi connectivity index (χ4n) is 3.75. The molecule has 0 unspecified atom stereocenters. The van der Waals surface area contributed by atoms with Gasteiger partial charge in [0.25, 0.3) is 0 Å². The molecule has 0 N–H and O–H groups in total. The van der Waals surface area contributed by atoms with E-state index in [1.807, 2.05) is 53.8 Å². The van der Waals surface area contributed by atoms with Crippen LogP contribution < -0.4 is 0 Å². The quantitative estimate of drug-likeness (QED) is 0.624. The van der Waals surface area contributed by atoms with Crippen molar-refractivity contribution in [2.24, 2.45) is 0 Å². The molecule has 2 aromatic heterocycles. The van der Waals surface area contributed by atoms with Crippen molar-refractivity contribution < 1.29 is 9.32 Å². The number of hydrogen-bond donors (Lipinski definition) is 0. The Balaban J connectivity index is 1.25. The molecule has 4 rings (SSSR count). The lowest BCUT2D eigenvalue weighted by atomic mass is 10.1. The smallest absolute Gasteiger partial charge is 0.241 e. The number of aryl methyl sites for hydroxylation is 4. The molecule has 158 valence electrons. The normalized spacial score (nSPS) is 15.0. The average molecular weight is 409 g/mol. The maximum atomic E-state index is 12.6. The number of nitrogens with zero attached hydrogens (tertiary/aromatic N) is 6. The molecule has 8 heteroatoms. The van der Waals surface area contributed by atoms with Crippen molar-refractivity contribution in [2.75, 3.05) is 26.2 Å². The molecule has 0 radical (unpaired) electrons. The predicted molar refractivity (Wildman–Crippen MR) is 113 cm³/mol. The highest BCUT2D eigenvalue weighted by atomic mass is 16.5. The van der Waals surface area contributed by atoms with Gasteiger partial charge in [-0.05, 0) is 26.8 Å². The molecule has 1 amide bonds. The minimum Gasteiger partial charge on any atom is -0.340 e. The monoisotopic (exact) mass is 408 g/mol. The van der Waals surface area contributed by atoms with Crippen LogP contribution in [0.2, 0.25) is 0 Å². The molecule has 0 spiro atoms. The Morgan fingerprint density at radius 1 is 1.07 bits per heavy atom. The van der Waals surface area contributed by atoms with E-state index in [1.54, 1.807) is 0 Å². The standard InChI is InChI=1S/C22H28N6O2/c1-16-4-6-19(7-5-16)22-23-20(30-25-22)15-26-10-12-27(13-11-26)21(29)8-9-28-18(3)14-17(2)24-28/h4-7,14H,8-13,15H2,1-3H3. The summed E-state index contributed by atoms with van der Waals surface area (Å²) in [6.07, 6.45) is 0.478. The van der Waals surface area contributed by atoms with Gasteiger partial charge in [0.15, 0.2) is 0 Å². The number of carbonyl (C=O) groups is 1. The van der Waals surface area contributed by atoms with Gasteiger partial charge in [-0.2, -0.15) is 10.1 Å². The first-order chi connectivity index (χ1) is 14.5. The first kappa shape index (κ1) is 20.3. The summed E-state index contributed by atoms with van der Waals surface area (Å²) in [4.78, 5) is 21.3. The van der Waals surface area contributed by atoms with Gasteiger partial charge in [-0.1, -0.05) is 35.0 Å². The third kappa shape index (κ3) is 4.76. The van der Waals surface area contributed by atoms with Gasteiger partial charge in [0.2, 0.25) is 17.6 Å². The second kappa shape index (κ2) is 8.79. The summed E-state index contributed by atoms with van der Waals surface area (Å²) in [6.45, 7) is 10.3. The van der Waals surface area contributed by atoms with Gasteiger partial charge in [-0.3, -0.25) is 14.4 Å². The molecule has 1 aromatic carbocycles. The maximum absolute atomic E-state index is 12.6. The molecular weight excluding hydrogens is 380 g/mol. The molecule has 1 saturated heterocycles. The number of rotatable bonds is 6. The molecule has 0 atom stereocenters. The topological polar surface area (TPSA) is 80.3 Å². The summed E-state index contributed by atoms with van der Waals surface area (Å²) >= 11 is 0. The molecule has 8 nitrogen and oxygen atoms in total. The van der Waals surface area contributed by atoms with Crippen molar-refractivity contribution in [3.8, 4) is 11.4 Å². The number of amides is 1. The van der Waals surface area contributed by atoms with Crippen molar-refractivity contribution in [1.29, 1.82) is 0 Å². The Labute approximate surface area is 176 Å². The van der Waals surface area contributed by atoms with Crippen LogP contribution in [-0.2, 0) is 17.9 Å². The van der Waals surface area contributed by atoms with Crippen LogP contribution in [-0.4, -0.2) is 61.8 Å². The van der Waals surface area contributed by atoms with Crippen LogP contribution >= 0.6 is 0 Å². The Hall–Kier alpha value is -3.00. The van der Waals surface area contributed by atoms with Crippen molar-refractivity contribution in [3.05, 3.63) is 53.2 Å². The van der Waals surface area contributed by atoms with Crippen LogP contribution in [0.25, 0.3) is 11.4 Å². The third-order valence-electron chi connectivity index (χ3n) is 5.50. The van der Waals surface area contributed by atoms with Crippen LogP contribution in [0.5, 0.6) is 0 Å². The van der Waals surface area contributed by atoms with Crippen LogP contribution in [0.1, 0.15) is 29.3 Å². The van der Waals surface area contributed by atoms with Crippen molar-refractivity contribution in [1.82, 2.24) is 29.7 Å². The summed E-state index contributed by atoms with van der Waals surface area (Å²) < 4.78 is 7.34. The van der Waals surface area contributed by atoms with E-state index in [9.17, 15) is 4.79 Å². The number of piperazine rings is 1. The minimum absolute atomic E-state index is 0.182.